The van der Waals surface area contributed by atoms with Crippen LogP contribution in [-0.4, -0.2) is 58.5 Å². The van der Waals surface area contributed by atoms with Crippen LogP contribution in [0.3, 0.4) is 0 Å². The molecule has 0 aliphatic carbocycles. The van der Waals surface area contributed by atoms with Gasteiger partial charge in [-0.15, -0.1) is 0 Å². The van der Waals surface area contributed by atoms with Crippen LogP contribution in [0.2, 0.25) is 0 Å². The zero-order valence-corrected chi connectivity index (χ0v) is 18.9. The molecule has 10 nitrogen and oxygen atoms in total. The Morgan fingerprint density at radius 3 is 2.21 bits per heavy atom. The van der Waals surface area contributed by atoms with E-state index in [0.29, 0.717) is 49.7 Å². The lowest BCUT2D eigenvalue weighted by molar-refractivity contribution is -0.145. The molecular formula is C24H30N6O4. The molecule has 10 heteroatoms. The lowest BCUT2D eigenvalue weighted by Crippen LogP contribution is -2.44. The van der Waals surface area contributed by atoms with Crippen molar-refractivity contribution >= 4 is 17.9 Å². The molecule has 0 aromatic heterocycles. The lowest BCUT2D eigenvalue weighted by Gasteiger charge is -2.32. The maximum absolute atomic E-state index is 12.0. The largest absolute Gasteiger partial charge is 0.490 e. The Labute approximate surface area is 198 Å². The molecule has 1 fully saturated rings. The van der Waals surface area contributed by atoms with Crippen LogP contribution in [0, 0.1) is 10.8 Å². The van der Waals surface area contributed by atoms with E-state index >= 15 is 0 Å². The first-order valence-electron chi connectivity index (χ1n) is 11.3. The van der Waals surface area contributed by atoms with Crippen LogP contribution in [0.15, 0.2) is 42.5 Å². The Hall–Kier alpha value is -3.95. The van der Waals surface area contributed by atoms with Gasteiger partial charge in [-0.2, -0.15) is 0 Å². The first-order valence-corrected chi connectivity index (χ1v) is 11.3. The minimum Gasteiger partial charge on any atom is -0.490 e. The summed E-state index contributed by atoms with van der Waals surface area (Å²) in [6.45, 7) is 2.56. The van der Waals surface area contributed by atoms with Crippen molar-refractivity contribution in [3.63, 3.8) is 0 Å². The first kappa shape index (κ1) is 23.2. The zero-order chi connectivity index (χ0) is 24.2. The molecule has 7 N–H and O–H groups in total. The summed E-state index contributed by atoms with van der Waals surface area (Å²) in [6.07, 6.45) is 1.13. The van der Waals surface area contributed by atoms with E-state index in [1.165, 1.54) is 0 Å². The van der Waals surface area contributed by atoms with E-state index in [2.05, 4.69) is 0 Å². The highest BCUT2D eigenvalue weighted by molar-refractivity contribution is 5.76. The van der Waals surface area contributed by atoms with Crippen LogP contribution in [0.1, 0.15) is 35.6 Å². The minimum atomic E-state index is -1.15. The van der Waals surface area contributed by atoms with Gasteiger partial charge in [0.25, 0.3) is 0 Å². The summed E-state index contributed by atoms with van der Waals surface area (Å²) < 4.78 is 11.9. The van der Waals surface area contributed by atoms with E-state index in [4.69, 9.17) is 31.8 Å². The number of fused-ring (bicyclic) bond motifs is 1. The number of aliphatic carboxylic acids is 1. The van der Waals surface area contributed by atoms with Crippen molar-refractivity contribution in [1.82, 2.24) is 9.80 Å². The van der Waals surface area contributed by atoms with Crippen molar-refractivity contribution in [1.29, 1.82) is 10.8 Å². The molecule has 1 saturated heterocycles. The van der Waals surface area contributed by atoms with Crippen LogP contribution in [0.25, 0.3) is 0 Å². The second kappa shape index (κ2) is 9.90. The highest BCUT2D eigenvalue weighted by atomic mass is 16.5. The Morgan fingerprint density at radius 2 is 1.59 bits per heavy atom. The van der Waals surface area contributed by atoms with Gasteiger partial charge >= 0.3 is 5.97 Å². The third-order valence-corrected chi connectivity index (χ3v) is 6.28. The average molecular weight is 467 g/mol. The number of hydrogen-bond acceptors (Lipinski definition) is 5. The number of carboxylic acid groups (broad SMARTS) is 1. The molecule has 2 aromatic rings. The van der Waals surface area contributed by atoms with E-state index in [-0.39, 0.29) is 18.0 Å². The number of carboxylic acids is 1. The number of benzene rings is 2. The molecule has 180 valence electrons. The molecule has 0 saturated carbocycles. The monoisotopic (exact) mass is 466 g/mol. The highest BCUT2D eigenvalue weighted by Crippen LogP contribution is 2.29. The summed E-state index contributed by atoms with van der Waals surface area (Å²) in [5, 5.41) is 24.9. The van der Waals surface area contributed by atoms with Gasteiger partial charge in [0.15, 0.2) is 11.9 Å². The fourth-order valence-corrected chi connectivity index (χ4v) is 4.33. The van der Waals surface area contributed by atoms with Crippen LogP contribution in [0.5, 0.6) is 11.5 Å². The van der Waals surface area contributed by atoms with Crippen molar-refractivity contribution in [2.45, 2.75) is 38.0 Å². The number of likely N-dealkylation sites (tertiary alicyclic amines) is 1. The third kappa shape index (κ3) is 5.33. The summed E-state index contributed by atoms with van der Waals surface area (Å²) >= 11 is 0. The predicted molar refractivity (Wildman–Crippen MR) is 127 cm³/mol. The van der Waals surface area contributed by atoms with Gasteiger partial charge in [0.05, 0.1) is 0 Å². The molecule has 2 aliphatic heterocycles. The molecule has 1 atom stereocenters. The average Bonchev–Trinajstić information content (AvgIpc) is 2.83. The molecule has 0 bridgehead atoms. The zero-order valence-electron chi connectivity index (χ0n) is 18.9. The number of ether oxygens (including phenoxy) is 2. The van der Waals surface area contributed by atoms with Gasteiger partial charge in [0.2, 0.25) is 6.10 Å². The Kier molecular flexibility index (Phi) is 6.76. The van der Waals surface area contributed by atoms with Crippen molar-refractivity contribution in [3.8, 4) is 11.5 Å². The summed E-state index contributed by atoms with van der Waals surface area (Å²) in [6, 6.07) is 12.5. The number of nitrogens with one attached hydrogen (secondary N) is 2. The maximum Gasteiger partial charge on any atom is 0.349 e. The Bertz CT molecular complexity index is 1070. The quantitative estimate of drug-likeness (QED) is 0.318. The highest BCUT2D eigenvalue weighted by Gasteiger charge is 2.25. The van der Waals surface area contributed by atoms with E-state index in [9.17, 15) is 9.90 Å². The van der Waals surface area contributed by atoms with E-state index < -0.39 is 12.1 Å². The van der Waals surface area contributed by atoms with E-state index in [1.54, 1.807) is 35.2 Å². The van der Waals surface area contributed by atoms with Gasteiger partial charge in [-0.25, -0.2) is 4.79 Å². The number of guanidine groups is 2. The van der Waals surface area contributed by atoms with Crippen molar-refractivity contribution in [3.05, 3.63) is 59.2 Å². The number of rotatable bonds is 6. The van der Waals surface area contributed by atoms with Crippen molar-refractivity contribution in [2.75, 3.05) is 19.6 Å². The summed E-state index contributed by atoms with van der Waals surface area (Å²) in [5.74, 6) is 0.203. The molecule has 2 heterocycles. The topological polar surface area (TPSA) is 162 Å². The predicted octanol–water partition coefficient (Wildman–Crippen LogP) is 1.88. The Morgan fingerprint density at radius 1 is 0.941 bits per heavy atom. The molecule has 34 heavy (non-hydrogen) atoms. The summed E-state index contributed by atoms with van der Waals surface area (Å²) in [7, 11) is 0. The van der Waals surface area contributed by atoms with Gasteiger partial charge in [-0.05, 0) is 41.8 Å². The minimum absolute atomic E-state index is 0.0300. The molecule has 0 radical (unpaired) electrons. The number of nitrogens with two attached hydrogens (primary N) is 2. The number of piperidine rings is 1. The molecule has 2 aromatic carbocycles. The maximum atomic E-state index is 12.0. The molecular weight excluding hydrogens is 436 g/mol. The second-order valence-corrected chi connectivity index (χ2v) is 8.58. The van der Waals surface area contributed by atoms with Gasteiger partial charge < -0.3 is 35.8 Å². The van der Waals surface area contributed by atoms with Crippen molar-refractivity contribution in [2.24, 2.45) is 11.5 Å². The molecule has 2 aliphatic rings. The van der Waals surface area contributed by atoms with Gasteiger partial charge in [-0.3, -0.25) is 10.8 Å². The smallest absolute Gasteiger partial charge is 0.349 e. The fraction of sp³-hybridized carbons (Fsp3) is 0.375. The normalized spacial score (nSPS) is 16.9. The molecule has 0 amide bonds. The van der Waals surface area contributed by atoms with Gasteiger partial charge in [0, 0.05) is 44.6 Å². The molecule has 4 rings (SSSR count). The molecule has 1 unspecified atom stereocenters. The third-order valence-electron chi connectivity index (χ3n) is 6.28. The van der Waals surface area contributed by atoms with Crippen LogP contribution in [-0.2, 0) is 17.8 Å². The van der Waals surface area contributed by atoms with E-state index in [0.717, 1.165) is 24.0 Å². The van der Waals surface area contributed by atoms with Crippen LogP contribution in [0.4, 0.5) is 0 Å². The second-order valence-electron chi connectivity index (χ2n) is 8.58. The number of hydrogen-bond donors (Lipinski definition) is 5. The van der Waals surface area contributed by atoms with Crippen molar-refractivity contribution < 1.29 is 19.4 Å². The number of nitrogens with zero attached hydrogens (tertiary/aromatic N) is 2. The van der Waals surface area contributed by atoms with Crippen LogP contribution >= 0.6 is 0 Å². The van der Waals surface area contributed by atoms with Gasteiger partial charge in [-0.1, -0.05) is 18.2 Å². The van der Waals surface area contributed by atoms with Crippen LogP contribution < -0.4 is 20.9 Å². The standard InChI is InChI=1S/C24H30N6O4/c25-23(26)29-11-8-19(9-12-29)33-18-4-1-15(2-5-18)21(22(31)32)34-20-6-3-17-14-30(24(27)28)10-7-16(17)13-20/h1-6,13,19,21H,7-12,14H2,(H3,25,26)(H3,27,28)(H,31,32). The van der Waals surface area contributed by atoms with E-state index in [1.807, 2.05) is 17.0 Å². The fourth-order valence-electron chi connectivity index (χ4n) is 4.33. The SMILES string of the molecule is N=C(N)N1CCC(Oc2ccc(C(Oc3ccc4c(c3)CCN(C(=N)N)C4)C(=O)O)cc2)CC1. The lowest BCUT2D eigenvalue weighted by atomic mass is 9.99. The summed E-state index contributed by atoms with van der Waals surface area (Å²) in [5.41, 5.74) is 13.8. The summed E-state index contributed by atoms with van der Waals surface area (Å²) in [4.78, 5) is 15.6. The molecule has 0 spiro atoms. The first-order chi connectivity index (χ1) is 16.3. The number of carbonyl (C=O) groups is 1. The Balaban J connectivity index is 1.40. The van der Waals surface area contributed by atoms with Gasteiger partial charge in [0.1, 0.15) is 17.6 Å².